The second kappa shape index (κ2) is 3.94. The molecule has 3 nitrogen and oxygen atoms in total. The van der Waals surface area contributed by atoms with E-state index in [-0.39, 0.29) is 11.2 Å². The molecule has 1 aromatic heterocycles. The summed E-state index contributed by atoms with van der Waals surface area (Å²) in [5.41, 5.74) is 4.99. The molecule has 0 atom stereocenters. The van der Waals surface area contributed by atoms with Crippen LogP contribution >= 0.6 is 11.6 Å². The molecule has 3 rings (SSSR count). The van der Waals surface area contributed by atoms with E-state index in [0.29, 0.717) is 5.02 Å². The highest BCUT2D eigenvalue weighted by atomic mass is 35.5. The fourth-order valence-electron chi connectivity index (χ4n) is 3.02. The summed E-state index contributed by atoms with van der Waals surface area (Å²) in [7, 11) is 0. The van der Waals surface area contributed by atoms with Gasteiger partial charge in [0.05, 0.1) is 10.7 Å². The zero-order chi connectivity index (χ0) is 13.8. The number of rotatable bonds is 0. The molecule has 0 bridgehead atoms. The minimum absolute atomic E-state index is 0.0922. The van der Waals surface area contributed by atoms with Crippen LogP contribution < -0.4 is 0 Å². The summed E-state index contributed by atoms with van der Waals surface area (Å²) >= 11 is 6.25. The second-order valence-corrected chi connectivity index (χ2v) is 6.05. The second-order valence-electron chi connectivity index (χ2n) is 5.67. The van der Waals surface area contributed by atoms with E-state index in [1.807, 2.05) is 13.0 Å². The Morgan fingerprint density at radius 3 is 2.74 bits per heavy atom. The Bertz CT molecular complexity index is 680. The first-order valence-corrected chi connectivity index (χ1v) is 6.62. The molecule has 0 radical (unpaired) electrons. The van der Waals surface area contributed by atoms with Gasteiger partial charge in [-0.3, -0.25) is 0 Å². The van der Waals surface area contributed by atoms with E-state index in [1.54, 1.807) is 12.4 Å². The summed E-state index contributed by atoms with van der Waals surface area (Å²) in [5, 5.41) is 10.2. The van der Waals surface area contributed by atoms with Crippen molar-refractivity contribution < 1.29 is 5.11 Å². The van der Waals surface area contributed by atoms with E-state index >= 15 is 0 Å². The summed E-state index contributed by atoms with van der Waals surface area (Å²) in [5.74, 6) is 0.130. The van der Waals surface area contributed by atoms with Gasteiger partial charge in [0, 0.05) is 16.8 Å². The lowest BCUT2D eigenvalue weighted by molar-refractivity contribution is 0.470. The maximum absolute atomic E-state index is 9.78. The highest BCUT2D eigenvalue weighted by molar-refractivity contribution is 6.33. The number of aromatic hydroxyl groups is 1. The summed E-state index contributed by atoms with van der Waals surface area (Å²) in [6, 6.07) is 3.51. The minimum atomic E-state index is -0.0922. The number of aryl methyl sites for hydroxylation is 1. The normalized spacial score (nSPS) is 15.8. The lowest BCUT2D eigenvalue weighted by Gasteiger charge is -2.34. The van der Waals surface area contributed by atoms with E-state index in [2.05, 4.69) is 23.8 Å². The zero-order valence-electron chi connectivity index (χ0n) is 11.2. The average Bonchev–Trinajstić information content (AvgIpc) is 2.34. The third kappa shape index (κ3) is 1.72. The van der Waals surface area contributed by atoms with Gasteiger partial charge in [-0.15, -0.1) is 0 Å². The number of nitrogens with zero attached hydrogens (tertiary/aromatic N) is 2. The van der Waals surface area contributed by atoms with Crippen molar-refractivity contribution in [3.63, 3.8) is 0 Å². The van der Waals surface area contributed by atoms with Crippen molar-refractivity contribution in [1.29, 1.82) is 0 Å². The van der Waals surface area contributed by atoms with Crippen molar-refractivity contribution in [3.05, 3.63) is 40.3 Å². The molecular formula is C15H15ClN2O. The quantitative estimate of drug-likeness (QED) is 0.798. The Balaban J connectivity index is 2.39. The van der Waals surface area contributed by atoms with Gasteiger partial charge >= 0.3 is 0 Å². The van der Waals surface area contributed by atoms with Crippen molar-refractivity contribution in [2.45, 2.75) is 32.6 Å². The highest BCUT2D eigenvalue weighted by Crippen LogP contribution is 2.46. The molecule has 0 spiro atoms. The molecular weight excluding hydrogens is 260 g/mol. The Morgan fingerprint density at radius 2 is 2.00 bits per heavy atom. The Hall–Kier alpha value is -1.61. The molecule has 98 valence electrons. The number of hydrogen-bond acceptors (Lipinski definition) is 3. The van der Waals surface area contributed by atoms with Gasteiger partial charge in [-0.1, -0.05) is 25.4 Å². The van der Waals surface area contributed by atoms with Crippen LogP contribution in [-0.2, 0) is 11.8 Å². The summed E-state index contributed by atoms with van der Waals surface area (Å²) < 4.78 is 0. The van der Waals surface area contributed by atoms with E-state index in [0.717, 1.165) is 28.9 Å². The average molecular weight is 275 g/mol. The first-order valence-electron chi connectivity index (χ1n) is 6.24. The largest absolute Gasteiger partial charge is 0.506 e. The summed E-state index contributed by atoms with van der Waals surface area (Å²) in [6.07, 6.45) is 2.36. The Morgan fingerprint density at radius 1 is 1.26 bits per heavy atom. The molecule has 1 aliphatic rings. The van der Waals surface area contributed by atoms with Crippen molar-refractivity contribution in [2.24, 2.45) is 0 Å². The number of fused-ring (bicyclic) bond motifs is 3. The lowest BCUT2D eigenvalue weighted by Crippen LogP contribution is -2.28. The molecule has 1 aromatic carbocycles. The SMILES string of the molecule is Cc1ncnc2c1C(C)(C)Cc1c-2ccc(O)c1Cl. The van der Waals surface area contributed by atoms with Crippen LogP contribution in [0.1, 0.15) is 30.7 Å². The van der Waals surface area contributed by atoms with Gasteiger partial charge in [0.25, 0.3) is 0 Å². The predicted molar refractivity (Wildman–Crippen MR) is 75.6 cm³/mol. The monoisotopic (exact) mass is 274 g/mol. The molecule has 0 saturated carbocycles. The van der Waals surface area contributed by atoms with E-state index in [4.69, 9.17) is 11.6 Å². The molecule has 0 unspecified atom stereocenters. The molecule has 2 aromatic rings. The minimum Gasteiger partial charge on any atom is -0.506 e. The first-order chi connectivity index (χ1) is 8.92. The highest BCUT2D eigenvalue weighted by Gasteiger charge is 2.35. The van der Waals surface area contributed by atoms with Gasteiger partial charge in [-0.25, -0.2) is 9.97 Å². The smallest absolute Gasteiger partial charge is 0.134 e. The van der Waals surface area contributed by atoms with Gasteiger partial charge in [-0.2, -0.15) is 0 Å². The molecule has 4 heteroatoms. The van der Waals surface area contributed by atoms with Crippen molar-refractivity contribution in [1.82, 2.24) is 9.97 Å². The fourth-order valence-corrected chi connectivity index (χ4v) is 3.25. The van der Waals surface area contributed by atoms with Gasteiger partial charge < -0.3 is 5.11 Å². The molecule has 0 amide bonds. The van der Waals surface area contributed by atoms with E-state index < -0.39 is 0 Å². The molecule has 1 N–H and O–H groups in total. The van der Waals surface area contributed by atoms with Gasteiger partial charge in [0.2, 0.25) is 0 Å². The number of phenols is 1. The Kier molecular flexibility index (Phi) is 2.58. The summed E-state index contributed by atoms with van der Waals surface area (Å²) in [6.45, 7) is 6.33. The van der Waals surface area contributed by atoms with Crippen LogP contribution in [0.4, 0.5) is 0 Å². The maximum Gasteiger partial charge on any atom is 0.134 e. The molecule has 1 heterocycles. The van der Waals surface area contributed by atoms with Crippen LogP contribution in [0, 0.1) is 6.92 Å². The fraction of sp³-hybridized carbons (Fsp3) is 0.333. The van der Waals surface area contributed by atoms with Gasteiger partial charge in [-0.05, 0) is 36.5 Å². The molecule has 0 aliphatic heterocycles. The van der Waals surface area contributed by atoms with Crippen LogP contribution in [0.5, 0.6) is 5.75 Å². The number of halogens is 1. The van der Waals surface area contributed by atoms with Crippen LogP contribution in [0.25, 0.3) is 11.3 Å². The van der Waals surface area contributed by atoms with Gasteiger partial charge in [0.1, 0.15) is 12.1 Å². The number of benzene rings is 1. The zero-order valence-corrected chi connectivity index (χ0v) is 11.9. The first kappa shape index (κ1) is 12.4. The van der Waals surface area contributed by atoms with Crippen molar-refractivity contribution in [2.75, 3.05) is 0 Å². The molecule has 1 aliphatic carbocycles. The standard InChI is InChI=1S/C15H15ClN2O/c1-8-12-14(18-7-17-8)9-4-5-11(19)13(16)10(9)6-15(12,2)3/h4-5,7,19H,6H2,1-3H3. The molecule has 0 saturated heterocycles. The van der Waals surface area contributed by atoms with Crippen LogP contribution in [0.15, 0.2) is 18.5 Å². The van der Waals surface area contributed by atoms with Crippen LogP contribution in [-0.4, -0.2) is 15.1 Å². The van der Waals surface area contributed by atoms with Crippen molar-refractivity contribution in [3.8, 4) is 17.0 Å². The molecule has 0 fully saturated rings. The lowest BCUT2D eigenvalue weighted by atomic mass is 9.71. The predicted octanol–water partition coefficient (Wildman–Crippen LogP) is 3.64. The summed E-state index contributed by atoms with van der Waals surface area (Å²) in [4.78, 5) is 8.74. The maximum atomic E-state index is 9.78. The number of phenolic OH excluding ortho intramolecular Hbond substituents is 1. The third-order valence-corrected chi connectivity index (χ3v) is 4.23. The molecule has 19 heavy (non-hydrogen) atoms. The topological polar surface area (TPSA) is 46.0 Å². The number of hydrogen-bond donors (Lipinski definition) is 1. The van der Waals surface area contributed by atoms with Crippen LogP contribution in [0.2, 0.25) is 5.02 Å². The van der Waals surface area contributed by atoms with Crippen molar-refractivity contribution >= 4 is 11.6 Å². The third-order valence-electron chi connectivity index (χ3n) is 3.81. The van der Waals surface area contributed by atoms with E-state index in [1.165, 1.54) is 5.56 Å². The van der Waals surface area contributed by atoms with E-state index in [9.17, 15) is 5.11 Å². The van der Waals surface area contributed by atoms with Crippen LogP contribution in [0.3, 0.4) is 0 Å². The number of aromatic nitrogens is 2. The Labute approximate surface area is 117 Å². The van der Waals surface area contributed by atoms with Gasteiger partial charge in [0.15, 0.2) is 0 Å².